The van der Waals surface area contributed by atoms with Crippen molar-refractivity contribution >= 4 is 11.3 Å². The fourth-order valence-corrected chi connectivity index (χ4v) is 3.37. The summed E-state index contributed by atoms with van der Waals surface area (Å²) >= 11 is 0. The first-order valence-corrected chi connectivity index (χ1v) is 9.06. The number of hydrogen-bond donors (Lipinski definition) is 0. The molecule has 0 aromatic heterocycles. The fourth-order valence-electron chi connectivity index (χ4n) is 3.37. The van der Waals surface area contributed by atoms with Crippen molar-refractivity contribution in [3.05, 3.63) is 54.1 Å². The average Bonchev–Trinajstić information content (AvgIpc) is 2.53. The van der Waals surface area contributed by atoms with E-state index >= 15 is 0 Å². The molecule has 3 nitrogen and oxygen atoms in total. The Labute approximate surface area is 153 Å². The predicted octanol–water partition coefficient (Wildman–Crippen LogP) is 5.02. The monoisotopic (exact) mass is 340 g/mol. The van der Waals surface area contributed by atoms with E-state index in [1.807, 2.05) is 6.07 Å². The topological polar surface area (TPSA) is 24.8 Å². The highest BCUT2D eigenvalue weighted by Gasteiger charge is 2.28. The van der Waals surface area contributed by atoms with E-state index in [2.05, 4.69) is 81.8 Å². The van der Waals surface area contributed by atoms with Gasteiger partial charge in [-0.1, -0.05) is 62.8 Å². The van der Waals surface area contributed by atoms with E-state index in [-0.39, 0.29) is 5.41 Å². The van der Waals surface area contributed by atoms with Gasteiger partial charge in [0.25, 0.3) is 0 Å². The molecule has 0 spiro atoms. The van der Waals surface area contributed by atoms with Gasteiger partial charge in [0, 0.05) is 12.5 Å². The van der Waals surface area contributed by atoms with E-state index in [0.717, 1.165) is 30.7 Å². The standard InChI is InChI=1S/C22H32N2O/c1-17(15-24(5)6)16-25-23-21-12-20(13-22(3,4)14-21)18(2)19-10-8-7-9-11-19/h7-12,17H,2,13-16H2,1,3-6H3/b23-21-. The Kier molecular flexibility index (Phi) is 6.60. The Morgan fingerprint density at radius 3 is 2.56 bits per heavy atom. The third-order valence-electron chi connectivity index (χ3n) is 4.40. The Balaban J connectivity index is 2.10. The quantitative estimate of drug-likeness (QED) is 0.651. The van der Waals surface area contributed by atoms with Crippen molar-refractivity contribution in [2.45, 2.75) is 33.6 Å². The molecule has 0 bridgehead atoms. The van der Waals surface area contributed by atoms with Crippen molar-refractivity contribution in [3.63, 3.8) is 0 Å². The van der Waals surface area contributed by atoms with Crippen LogP contribution in [0.2, 0.25) is 0 Å². The minimum atomic E-state index is 0.166. The molecule has 136 valence electrons. The van der Waals surface area contributed by atoms with Crippen LogP contribution < -0.4 is 0 Å². The molecule has 1 aliphatic carbocycles. The lowest BCUT2D eigenvalue weighted by molar-refractivity contribution is 0.101. The molecular weight excluding hydrogens is 308 g/mol. The minimum absolute atomic E-state index is 0.166. The normalized spacial score (nSPS) is 19.6. The zero-order chi connectivity index (χ0) is 18.4. The summed E-state index contributed by atoms with van der Waals surface area (Å²) in [7, 11) is 4.16. The van der Waals surface area contributed by atoms with Gasteiger partial charge in [-0.25, -0.2) is 0 Å². The first kappa shape index (κ1) is 19.5. The molecule has 2 rings (SSSR count). The van der Waals surface area contributed by atoms with Crippen molar-refractivity contribution in [1.82, 2.24) is 4.90 Å². The Morgan fingerprint density at radius 2 is 1.92 bits per heavy atom. The molecule has 0 N–H and O–H groups in total. The summed E-state index contributed by atoms with van der Waals surface area (Å²) in [4.78, 5) is 7.82. The lowest BCUT2D eigenvalue weighted by atomic mass is 9.74. The van der Waals surface area contributed by atoms with Gasteiger partial charge in [0.05, 0.1) is 5.71 Å². The zero-order valence-electron chi connectivity index (χ0n) is 16.4. The van der Waals surface area contributed by atoms with Gasteiger partial charge in [0.2, 0.25) is 0 Å². The summed E-state index contributed by atoms with van der Waals surface area (Å²) in [6.45, 7) is 12.7. The average molecular weight is 341 g/mol. The van der Waals surface area contributed by atoms with Crippen LogP contribution in [0.3, 0.4) is 0 Å². The SMILES string of the molecule is C=C(C1=C/C(=N/OCC(C)CN(C)C)CC(C)(C)C1)c1ccccc1. The summed E-state index contributed by atoms with van der Waals surface area (Å²) in [6.07, 6.45) is 4.11. The number of allylic oxidation sites excluding steroid dienone is 3. The van der Waals surface area contributed by atoms with Gasteiger partial charge >= 0.3 is 0 Å². The Morgan fingerprint density at radius 1 is 1.24 bits per heavy atom. The zero-order valence-corrected chi connectivity index (χ0v) is 16.4. The highest BCUT2D eigenvalue weighted by atomic mass is 16.6. The Bertz CT molecular complexity index is 641. The second-order valence-electron chi connectivity index (χ2n) is 8.28. The van der Waals surface area contributed by atoms with Crippen molar-refractivity contribution in [1.29, 1.82) is 0 Å². The number of nitrogens with zero attached hydrogens (tertiary/aromatic N) is 2. The number of oxime groups is 1. The van der Waals surface area contributed by atoms with Crippen molar-refractivity contribution in [2.75, 3.05) is 27.2 Å². The number of rotatable bonds is 7. The molecule has 0 saturated heterocycles. The maximum absolute atomic E-state index is 5.65. The largest absolute Gasteiger partial charge is 0.395 e. The van der Waals surface area contributed by atoms with Crippen LogP contribution in [0.1, 0.15) is 39.2 Å². The van der Waals surface area contributed by atoms with Gasteiger partial charge in [-0.3, -0.25) is 0 Å². The third kappa shape index (κ3) is 6.17. The lowest BCUT2D eigenvalue weighted by Gasteiger charge is -2.31. The van der Waals surface area contributed by atoms with Crippen molar-refractivity contribution < 1.29 is 4.84 Å². The first-order valence-electron chi connectivity index (χ1n) is 9.06. The third-order valence-corrected chi connectivity index (χ3v) is 4.40. The molecule has 0 aliphatic heterocycles. The van der Waals surface area contributed by atoms with Gasteiger partial charge in [0.15, 0.2) is 0 Å². The van der Waals surface area contributed by atoms with Crippen LogP contribution in [0.15, 0.2) is 53.7 Å². The predicted molar refractivity (Wildman–Crippen MR) is 108 cm³/mol. The molecule has 1 aromatic rings. The van der Waals surface area contributed by atoms with Crippen molar-refractivity contribution in [3.8, 4) is 0 Å². The smallest absolute Gasteiger partial charge is 0.120 e. The molecule has 0 radical (unpaired) electrons. The van der Waals surface area contributed by atoms with E-state index in [1.165, 1.54) is 11.1 Å². The van der Waals surface area contributed by atoms with Gasteiger partial charge in [-0.2, -0.15) is 0 Å². The molecule has 1 aliphatic rings. The maximum atomic E-state index is 5.65. The molecule has 25 heavy (non-hydrogen) atoms. The van der Waals surface area contributed by atoms with Gasteiger partial charge in [-0.05, 0) is 55.1 Å². The van der Waals surface area contributed by atoms with Crippen molar-refractivity contribution in [2.24, 2.45) is 16.5 Å². The lowest BCUT2D eigenvalue weighted by Crippen LogP contribution is -2.24. The number of hydrogen-bond acceptors (Lipinski definition) is 3. The molecule has 1 atom stereocenters. The molecule has 3 heteroatoms. The van der Waals surface area contributed by atoms with Crippen LogP contribution in [-0.2, 0) is 4.84 Å². The van der Waals surface area contributed by atoms with Crippen LogP contribution >= 0.6 is 0 Å². The Hall–Kier alpha value is -1.87. The molecule has 1 aromatic carbocycles. The van der Waals surface area contributed by atoms with Crippen LogP contribution in [0.4, 0.5) is 0 Å². The first-order chi connectivity index (χ1) is 11.8. The van der Waals surface area contributed by atoms with E-state index in [0.29, 0.717) is 12.5 Å². The van der Waals surface area contributed by atoms with Crippen LogP contribution in [0, 0.1) is 11.3 Å². The summed E-state index contributed by atoms with van der Waals surface area (Å²) < 4.78 is 0. The van der Waals surface area contributed by atoms with E-state index in [4.69, 9.17) is 4.84 Å². The van der Waals surface area contributed by atoms with E-state index < -0.39 is 0 Å². The number of benzene rings is 1. The maximum Gasteiger partial charge on any atom is 0.120 e. The van der Waals surface area contributed by atoms with E-state index in [9.17, 15) is 0 Å². The summed E-state index contributed by atoms with van der Waals surface area (Å²) in [5.41, 5.74) is 4.69. The molecule has 1 unspecified atom stereocenters. The van der Waals surface area contributed by atoms with Crippen LogP contribution in [-0.4, -0.2) is 37.9 Å². The van der Waals surface area contributed by atoms with Crippen LogP contribution in [0.25, 0.3) is 5.57 Å². The highest BCUT2D eigenvalue weighted by molar-refractivity contribution is 6.00. The fraction of sp³-hybridized carbons (Fsp3) is 0.500. The van der Waals surface area contributed by atoms with E-state index in [1.54, 1.807) is 0 Å². The second-order valence-corrected chi connectivity index (χ2v) is 8.28. The summed E-state index contributed by atoms with van der Waals surface area (Å²) in [5, 5.41) is 4.43. The minimum Gasteiger partial charge on any atom is -0.395 e. The van der Waals surface area contributed by atoms with Crippen LogP contribution in [0.5, 0.6) is 0 Å². The summed E-state index contributed by atoms with van der Waals surface area (Å²) in [6, 6.07) is 10.4. The summed E-state index contributed by atoms with van der Waals surface area (Å²) in [5.74, 6) is 0.457. The molecule has 0 heterocycles. The van der Waals surface area contributed by atoms with Gasteiger partial charge in [-0.15, -0.1) is 0 Å². The van der Waals surface area contributed by atoms with Gasteiger partial charge in [0.1, 0.15) is 6.61 Å². The molecule has 0 amide bonds. The van der Waals surface area contributed by atoms with Gasteiger partial charge < -0.3 is 9.74 Å². The molecule has 0 saturated carbocycles. The highest BCUT2D eigenvalue weighted by Crippen LogP contribution is 2.39. The second kappa shape index (κ2) is 8.48. The molecule has 0 fully saturated rings. The molecular formula is C22H32N2O.